The topological polar surface area (TPSA) is 47.0 Å². The third-order valence-electron chi connectivity index (χ3n) is 3.46. The zero-order valence-electron chi connectivity index (χ0n) is 11.6. The minimum atomic E-state index is 0.112. The molecule has 0 fully saturated rings. The summed E-state index contributed by atoms with van der Waals surface area (Å²) in [7, 11) is 1.72. The molecule has 3 rings (SSSR count). The Bertz CT molecular complexity index is 515. The summed E-state index contributed by atoms with van der Waals surface area (Å²) < 4.78 is 5.13. The zero-order chi connectivity index (χ0) is 13.8. The van der Waals surface area contributed by atoms with Crippen LogP contribution in [-0.4, -0.2) is 30.2 Å². The largest absolute Gasteiger partial charge is 0.383 e. The number of hydrogen-bond acceptors (Lipinski definition) is 6. The maximum Gasteiger partial charge on any atom is 0.117 e. The first-order chi connectivity index (χ1) is 9.88. The highest BCUT2D eigenvalue weighted by atomic mass is 32.1. The van der Waals surface area contributed by atoms with Gasteiger partial charge in [-0.25, -0.2) is 9.97 Å². The second-order valence-corrected chi connectivity index (χ2v) is 6.92. The van der Waals surface area contributed by atoms with E-state index < -0.39 is 0 Å². The summed E-state index contributed by atoms with van der Waals surface area (Å²) >= 11 is 3.53. The van der Waals surface area contributed by atoms with Gasteiger partial charge in [-0.3, -0.25) is 5.32 Å². The second-order valence-electron chi connectivity index (χ2n) is 4.88. The van der Waals surface area contributed by atoms with Crippen LogP contribution in [0.1, 0.15) is 39.5 Å². The van der Waals surface area contributed by atoms with E-state index in [0.717, 1.165) is 23.0 Å². The molecule has 2 aromatic heterocycles. The van der Waals surface area contributed by atoms with Gasteiger partial charge in [0.25, 0.3) is 0 Å². The summed E-state index contributed by atoms with van der Waals surface area (Å²) in [6, 6.07) is 0.112. The predicted octanol–water partition coefficient (Wildman–Crippen LogP) is 2.80. The average molecular weight is 309 g/mol. The first kappa shape index (κ1) is 14.1. The molecule has 1 atom stereocenters. The minimum absolute atomic E-state index is 0.112. The number of thiazole rings is 2. The molecule has 0 radical (unpaired) electrons. The fourth-order valence-electron chi connectivity index (χ4n) is 2.46. The van der Waals surface area contributed by atoms with Gasteiger partial charge in [-0.15, -0.1) is 22.7 Å². The van der Waals surface area contributed by atoms with Crippen molar-refractivity contribution in [2.45, 2.75) is 31.7 Å². The molecule has 0 saturated carbocycles. The average Bonchev–Trinajstić information content (AvgIpc) is 3.12. The Kier molecular flexibility index (Phi) is 4.77. The van der Waals surface area contributed by atoms with E-state index in [2.05, 4.69) is 10.3 Å². The van der Waals surface area contributed by atoms with Crippen LogP contribution >= 0.6 is 22.7 Å². The van der Waals surface area contributed by atoms with Gasteiger partial charge in [0, 0.05) is 30.1 Å². The quantitative estimate of drug-likeness (QED) is 0.834. The fourth-order valence-corrected chi connectivity index (χ4v) is 4.48. The summed E-state index contributed by atoms with van der Waals surface area (Å²) in [6.07, 6.45) is 6.76. The Morgan fingerprint density at radius 1 is 1.35 bits per heavy atom. The first-order valence-electron chi connectivity index (χ1n) is 6.98. The van der Waals surface area contributed by atoms with Crippen molar-refractivity contribution in [2.75, 3.05) is 20.3 Å². The van der Waals surface area contributed by atoms with Crippen molar-refractivity contribution >= 4 is 22.7 Å². The summed E-state index contributed by atoms with van der Waals surface area (Å²) in [4.78, 5) is 10.8. The molecule has 0 saturated heterocycles. The van der Waals surface area contributed by atoms with Crippen LogP contribution in [0.15, 0.2) is 11.6 Å². The van der Waals surface area contributed by atoms with Gasteiger partial charge in [0.15, 0.2) is 0 Å². The molecular formula is C14H19N3OS2. The molecule has 6 heteroatoms. The summed E-state index contributed by atoms with van der Waals surface area (Å²) in [5.41, 5.74) is 1.31. The number of methoxy groups -OCH3 is 1. The lowest BCUT2D eigenvalue weighted by Crippen LogP contribution is -2.25. The van der Waals surface area contributed by atoms with Gasteiger partial charge in [0.2, 0.25) is 0 Å². The monoisotopic (exact) mass is 309 g/mol. The number of rotatable bonds is 6. The van der Waals surface area contributed by atoms with Crippen molar-refractivity contribution in [3.63, 3.8) is 0 Å². The van der Waals surface area contributed by atoms with E-state index in [9.17, 15) is 0 Å². The summed E-state index contributed by atoms with van der Waals surface area (Å²) in [5.74, 6) is 0. The van der Waals surface area contributed by atoms with E-state index >= 15 is 0 Å². The number of ether oxygens (including phenoxy) is 1. The highest BCUT2D eigenvalue weighted by Gasteiger charge is 2.23. The van der Waals surface area contributed by atoms with Gasteiger partial charge in [-0.2, -0.15) is 0 Å². The van der Waals surface area contributed by atoms with Crippen molar-refractivity contribution in [1.29, 1.82) is 0 Å². The normalized spacial score (nSPS) is 16.1. The molecule has 2 heterocycles. The molecule has 0 aromatic carbocycles. The van der Waals surface area contributed by atoms with Crippen molar-refractivity contribution < 1.29 is 4.74 Å². The van der Waals surface area contributed by atoms with Crippen LogP contribution in [-0.2, 0) is 17.6 Å². The van der Waals surface area contributed by atoms with Gasteiger partial charge >= 0.3 is 0 Å². The summed E-state index contributed by atoms with van der Waals surface area (Å²) in [6.45, 7) is 1.51. The third kappa shape index (κ3) is 3.09. The van der Waals surface area contributed by atoms with E-state index in [-0.39, 0.29) is 6.04 Å². The smallest absolute Gasteiger partial charge is 0.117 e. The molecule has 1 N–H and O–H groups in total. The molecular weight excluding hydrogens is 290 g/mol. The molecule has 4 nitrogen and oxygen atoms in total. The number of fused-ring (bicyclic) bond motifs is 1. The van der Waals surface area contributed by atoms with E-state index in [4.69, 9.17) is 9.72 Å². The third-order valence-corrected chi connectivity index (χ3v) is 5.52. The van der Waals surface area contributed by atoms with Gasteiger partial charge in [-0.05, 0) is 25.7 Å². The van der Waals surface area contributed by atoms with Crippen molar-refractivity contribution in [1.82, 2.24) is 15.3 Å². The molecule has 1 unspecified atom stereocenters. The first-order valence-corrected chi connectivity index (χ1v) is 8.68. The van der Waals surface area contributed by atoms with Crippen molar-refractivity contribution in [2.24, 2.45) is 0 Å². The predicted molar refractivity (Wildman–Crippen MR) is 82.6 cm³/mol. The number of aromatic nitrogens is 2. The molecule has 2 aromatic rings. The zero-order valence-corrected chi connectivity index (χ0v) is 13.2. The molecule has 1 aliphatic carbocycles. The maximum atomic E-state index is 5.13. The summed E-state index contributed by atoms with van der Waals surface area (Å²) in [5, 5.41) is 7.79. The lowest BCUT2D eigenvalue weighted by atomic mass is 10.0. The Morgan fingerprint density at radius 2 is 2.25 bits per heavy atom. The van der Waals surface area contributed by atoms with Crippen LogP contribution in [0.4, 0.5) is 0 Å². The molecule has 0 spiro atoms. The molecule has 20 heavy (non-hydrogen) atoms. The molecule has 108 valence electrons. The van der Waals surface area contributed by atoms with Gasteiger partial charge in [0.1, 0.15) is 16.1 Å². The van der Waals surface area contributed by atoms with Crippen LogP contribution in [0.25, 0.3) is 0 Å². The lowest BCUT2D eigenvalue weighted by Gasteiger charge is -2.13. The highest BCUT2D eigenvalue weighted by Crippen LogP contribution is 2.33. The fraction of sp³-hybridized carbons (Fsp3) is 0.571. The Hall–Kier alpha value is -0.820. The Morgan fingerprint density at radius 3 is 3.00 bits per heavy atom. The number of nitrogens with zero attached hydrogens (tertiary/aromatic N) is 2. The maximum absolute atomic E-state index is 5.13. The number of aryl methyl sites for hydroxylation is 2. The number of hydrogen-bond donors (Lipinski definition) is 1. The van der Waals surface area contributed by atoms with E-state index in [1.807, 2.05) is 22.9 Å². The molecule has 0 bridgehead atoms. The van der Waals surface area contributed by atoms with Crippen LogP contribution in [0.3, 0.4) is 0 Å². The van der Waals surface area contributed by atoms with Gasteiger partial charge < -0.3 is 4.74 Å². The minimum Gasteiger partial charge on any atom is -0.383 e. The van der Waals surface area contributed by atoms with Crippen LogP contribution < -0.4 is 5.32 Å². The standard InChI is InChI=1S/C14H19N3OS2/c1-18-8-6-15-12(13-16-7-9-19-13)14-17-10-4-2-3-5-11(10)20-14/h7,9,12,15H,2-6,8H2,1H3. The van der Waals surface area contributed by atoms with E-state index in [0.29, 0.717) is 6.61 Å². The van der Waals surface area contributed by atoms with E-state index in [1.54, 1.807) is 18.4 Å². The van der Waals surface area contributed by atoms with Crippen molar-refractivity contribution in [3.8, 4) is 0 Å². The SMILES string of the molecule is COCCNC(c1nccs1)c1nc2c(s1)CCCC2. The second kappa shape index (κ2) is 6.76. The number of nitrogens with one attached hydrogen (secondary N) is 1. The van der Waals surface area contributed by atoms with Gasteiger partial charge in [0.05, 0.1) is 12.3 Å². The highest BCUT2D eigenvalue weighted by molar-refractivity contribution is 7.12. The van der Waals surface area contributed by atoms with Crippen LogP contribution in [0.5, 0.6) is 0 Å². The molecule has 1 aliphatic rings. The van der Waals surface area contributed by atoms with E-state index in [1.165, 1.54) is 29.8 Å². The van der Waals surface area contributed by atoms with Crippen LogP contribution in [0.2, 0.25) is 0 Å². The molecule has 0 amide bonds. The van der Waals surface area contributed by atoms with Crippen LogP contribution in [0, 0.1) is 0 Å². The molecule has 0 aliphatic heterocycles. The Labute approximate surface area is 127 Å². The van der Waals surface area contributed by atoms with Crippen molar-refractivity contribution in [3.05, 3.63) is 32.2 Å². The lowest BCUT2D eigenvalue weighted by molar-refractivity contribution is 0.197. The van der Waals surface area contributed by atoms with Gasteiger partial charge in [-0.1, -0.05) is 0 Å². The Balaban J connectivity index is 1.82.